The van der Waals surface area contributed by atoms with Gasteiger partial charge in [0.25, 0.3) is 0 Å². The lowest BCUT2D eigenvalue weighted by atomic mass is 9.94. The molecule has 2 aromatic carbocycles. The number of nitrogens with two attached hydrogens (primary N) is 1. The van der Waals surface area contributed by atoms with Crippen LogP contribution >= 0.6 is 27.5 Å². The van der Waals surface area contributed by atoms with Crippen LogP contribution in [0.3, 0.4) is 0 Å². The summed E-state index contributed by atoms with van der Waals surface area (Å²) in [6.07, 6.45) is -4.36. The monoisotopic (exact) mass is 377 g/mol. The van der Waals surface area contributed by atoms with Gasteiger partial charge in [0.05, 0.1) is 11.6 Å². The van der Waals surface area contributed by atoms with Crippen LogP contribution in [0, 0.1) is 6.92 Å². The maximum atomic E-state index is 12.7. The first-order valence-electron chi connectivity index (χ1n) is 6.08. The molecule has 1 atom stereocenters. The summed E-state index contributed by atoms with van der Waals surface area (Å²) in [6.45, 7) is 1.61. The van der Waals surface area contributed by atoms with Gasteiger partial charge in [-0.1, -0.05) is 33.6 Å². The molecule has 0 aliphatic carbocycles. The summed E-state index contributed by atoms with van der Waals surface area (Å²) in [6, 6.07) is 8.18. The molecule has 112 valence electrons. The van der Waals surface area contributed by atoms with Gasteiger partial charge in [-0.25, -0.2) is 0 Å². The van der Waals surface area contributed by atoms with Crippen molar-refractivity contribution in [3.63, 3.8) is 0 Å². The van der Waals surface area contributed by atoms with E-state index < -0.39 is 17.8 Å². The zero-order chi connectivity index (χ0) is 15.8. The van der Waals surface area contributed by atoms with Crippen LogP contribution in [0.4, 0.5) is 13.2 Å². The molecule has 0 amide bonds. The zero-order valence-corrected chi connectivity index (χ0v) is 13.4. The Hall–Kier alpha value is -1.04. The lowest BCUT2D eigenvalue weighted by Crippen LogP contribution is -2.15. The van der Waals surface area contributed by atoms with Crippen LogP contribution in [0.5, 0.6) is 0 Å². The second-order valence-electron chi connectivity index (χ2n) is 4.71. The molecule has 0 aromatic heterocycles. The fraction of sp³-hybridized carbons (Fsp3) is 0.200. The highest BCUT2D eigenvalue weighted by molar-refractivity contribution is 9.10. The summed E-state index contributed by atoms with van der Waals surface area (Å²) >= 11 is 9.33. The number of halogens is 5. The van der Waals surface area contributed by atoms with Gasteiger partial charge >= 0.3 is 6.18 Å². The van der Waals surface area contributed by atoms with E-state index in [4.69, 9.17) is 17.3 Å². The summed E-state index contributed by atoms with van der Waals surface area (Å²) in [5.41, 5.74) is 7.34. The van der Waals surface area contributed by atoms with Gasteiger partial charge in [-0.2, -0.15) is 13.2 Å². The van der Waals surface area contributed by atoms with Crippen LogP contribution in [-0.2, 0) is 6.18 Å². The smallest absolute Gasteiger partial charge is 0.320 e. The van der Waals surface area contributed by atoms with Crippen LogP contribution in [0.15, 0.2) is 40.9 Å². The highest BCUT2D eigenvalue weighted by Gasteiger charge is 2.31. The Bertz CT molecular complexity index is 670. The van der Waals surface area contributed by atoms with Gasteiger partial charge in [-0.3, -0.25) is 0 Å². The third-order valence-electron chi connectivity index (χ3n) is 3.23. The fourth-order valence-corrected chi connectivity index (χ4v) is 2.80. The van der Waals surface area contributed by atoms with E-state index in [1.54, 1.807) is 25.1 Å². The molecule has 2 N–H and O–H groups in total. The highest BCUT2D eigenvalue weighted by Crippen LogP contribution is 2.34. The van der Waals surface area contributed by atoms with Gasteiger partial charge in [0.15, 0.2) is 0 Å². The zero-order valence-electron chi connectivity index (χ0n) is 11.0. The van der Waals surface area contributed by atoms with Crippen molar-refractivity contribution in [2.45, 2.75) is 19.1 Å². The molecule has 0 bridgehead atoms. The van der Waals surface area contributed by atoms with E-state index in [9.17, 15) is 13.2 Å². The average molecular weight is 379 g/mol. The van der Waals surface area contributed by atoms with Gasteiger partial charge in [-0.05, 0) is 53.9 Å². The summed E-state index contributed by atoms with van der Waals surface area (Å²) < 4.78 is 38.8. The van der Waals surface area contributed by atoms with Crippen molar-refractivity contribution in [2.75, 3.05) is 0 Å². The number of rotatable bonds is 2. The molecule has 0 spiro atoms. The standard InChI is InChI=1S/C15H12BrClF3N/c1-8-6-9(15(18,19)20)2-4-11(8)14(21)12-7-10(17)3-5-13(12)16/h2-7,14H,21H2,1H3. The molecule has 0 fully saturated rings. The number of aryl methyl sites for hydroxylation is 1. The van der Waals surface area contributed by atoms with Crippen LogP contribution in [-0.4, -0.2) is 0 Å². The SMILES string of the molecule is Cc1cc(C(F)(F)F)ccc1C(N)c1cc(Cl)ccc1Br. The summed E-state index contributed by atoms with van der Waals surface area (Å²) in [4.78, 5) is 0. The summed E-state index contributed by atoms with van der Waals surface area (Å²) in [5, 5.41) is 0.521. The minimum absolute atomic E-state index is 0.490. The van der Waals surface area contributed by atoms with E-state index in [0.717, 1.165) is 22.2 Å². The van der Waals surface area contributed by atoms with Crippen LogP contribution in [0.1, 0.15) is 28.3 Å². The molecule has 6 heteroatoms. The first-order valence-corrected chi connectivity index (χ1v) is 7.25. The first-order chi connectivity index (χ1) is 9.70. The van der Waals surface area contributed by atoms with Crippen molar-refractivity contribution in [2.24, 2.45) is 5.73 Å². The molecular weight excluding hydrogens is 367 g/mol. The quantitative estimate of drug-likeness (QED) is 0.736. The number of benzene rings is 2. The maximum absolute atomic E-state index is 12.7. The van der Waals surface area contributed by atoms with Crippen LogP contribution in [0.2, 0.25) is 5.02 Å². The Balaban J connectivity index is 2.44. The third kappa shape index (κ3) is 3.59. The molecule has 0 aliphatic rings. The lowest BCUT2D eigenvalue weighted by Gasteiger charge is -2.18. The highest BCUT2D eigenvalue weighted by atomic mass is 79.9. The van der Waals surface area contributed by atoms with E-state index in [1.165, 1.54) is 6.07 Å². The largest absolute Gasteiger partial charge is 0.416 e. The summed E-state index contributed by atoms with van der Waals surface area (Å²) in [5.74, 6) is 0. The van der Waals surface area contributed by atoms with Crippen molar-refractivity contribution in [3.8, 4) is 0 Å². The Morgan fingerprint density at radius 1 is 1.10 bits per heavy atom. The van der Waals surface area contributed by atoms with Gasteiger partial charge in [0.2, 0.25) is 0 Å². The predicted molar refractivity (Wildman–Crippen MR) is 81.4 cm³/mol. The first kappa shape index (κ1) is 16.3. The van der Waals surface area contributed by atoms with Crippen molar-refractivity contribution >= 4 is 27.5 Å². The van der Waals surface area contributed by atoms with E-state index in [2.05, 4.69) is 15.9 Å². The number of hydrogen-bond acceptors (Lipinski definition) is 1. The second-order valence-corrected chi connectivity index (χ2v) is 6.00. The molecule has 0 radical (unpaired) electrons. The van der Waals surface area contributed by atoms with Gasteiger partial charge in [0, 0.05) is 9.50 Å². The van der Waals surface area contributed by atoms with Crippen molar-refractivity contribution in [1.82, 2.24) is 0 Å². The third-order valence-corrected chi connectivity index (χ3v) is 4.18. The molecule has 1 nitrogen and oxygen atoms in total. The topological polar surface area (TPSA) is 26.0 Å². The molecule has 0 saturated heterocycles. The molecule has 0 heterocycles. The van der Waals surface area contributed by atoms with E-state index in [0.29, 0.717) is 16.1 Å². The predicted octanol–water partition coefficient (Wildman–Crippen LogP) is 5.48. The van der Waals surface area contributed by atoms with Crippen molar-refractivity contribution in [3.05, 3.63) is 68.1 Å². The molecule has 1 unspecified atom stereocenters. The van der Waals surface area contributed by atoms with Gasteiger partial charge in [0.1, 0.15) is 0 Å². The lowest BCUT2D eigenvalue weighted by molar-refractivity contribution is -0.137. The normalized spacial score (nSPS) is 13.3. The van der Waals surface area contributed by atoms with Gasteiger partial charge in [-0.15, -0.1) is 0 Å². The Kier molecular flexibility index (Phi) is 4.66. The second kappa shape index (κ2) is 5.99. The Morgan fingerprint density at radius 2 is 1.76 bits per heavy atom. The average Bonchev–Trinajstić information content (AvgIpc) is 2.39. The molecule has 2 rings (SSSR count). The number of hydrogen-bond donors (Lipinski definition) is 1. The van der Waals surface area contributed by atoms with Crippen LogP contribution in [0.25, 0.3) is 0 Å². The van der Waals surface area contributed by atoms with Crippen molar-refractivity contribution in [1.29, 1.82) is 0 Å². The van der Waals surface area contributed by atoms with Gasteiger partial charge < -0.3 is 5.73 Å². The molecule has 0 aliphatic heterocycles. The van der Waals surface area contributed by atoms with Crippen LogP contribution < -0.4 is 5.73 Å². The van der Waals surface area contributed by atoms with E-state index in [-0.39, 0.29) is 0 Å². The Labute approximate surface area is 134 Å². The maximum Gasteiger partial charge on any atom is 0.416 e. The molecule has 2 aromatic rings. The van der Waals surface area contributed by atoms with Crippen molar-refractivity contribution < 1.29 is 13.2 Å². The fourth-order valence-electron chi connectivity index (χ4n) is 2.12. The molecular formula is C15H12BrClF3N. The van der Waals surface area contributed by atoms with E-state index >= 15 is 0 Å². The number of alkyl halides is 3. The minimum Gasteiger partial charge on any atom is -0.320 e. The summed E-state index contributed by atoms with van der Waals surface area (Å²) in [7, 11) is 0. The minimum atomic E-state index is -4.36. The van der Waals surface area contributed by atoms with E-state index in [1.807, 2.05) is 0 Å². The molecule has 21 heavy (non-hydrogen) atoms. The Morgan fingerprint density at radius 3 is 2.33 bits per heavy atom. The molecule has 0 saturated carbocycles.